The van der Waals surface area contributed by atoms with Crippen LogP contribution in [0.1, 0.15) is 25.0 Å². The Bertz CT molecular complexity index is 867. The highest BCUT2D eigenvalue weighted by molar-refractivity contribution is 6.31. The Morgan fingerprint density at radius 2 is 1.96 bits per heavy atom. The second-order valence-electron chi connectivity index (χ2n) is 6.17. The zero-order valence-corrected chi connectivity index (χ0v) is 15.0. The highest BCUT2D eigenvalue weighted by Crippen LogP contribution is 2.47. The number of rotatable bonds is 6. The fraction of sp³-hybridized carbons (Fsp3) is 0.263. The van der Waals surface area contributed by atoms with Crippen molar-refractivity contribution in [1.82, 2.24) is 0 Å². The van der Waals surface area contributed by atoms with Gasteiger partial charge in [0.1, 0.15) is 12.4 Å². The van der Waals surface area contributed by atoms with Gasteiger partial charge in [-0.15, -0.1) is 0 Å². The molecule has 1 amide bonds. The van der Waals surface area contributed by atoms with E-state index >= 15 is 0 Å². The van der Waals surface area contributed by atoms with Crippen molar-refractivity contribution in [3.63, 3.8) is 0 Å². The van der Waals surface area contributed by atoms with E-state index in [1.165, 1.54) is 0 Å². The molecule has 1 atom stereocenters. The molecule has 2 aromatic rings. The number of hydrogen-bond acceptors (Lipinski definition) is 4. The smallest absolute Gasteiger partial charge is 0.329 e. The number of fused-ring (bicyclic) bond motifs is 1. The number of halogens is 1. The van der Waals surface area contributed by atoms with Gasteiger partial charge in [0.25, 0.3) is 5.91 Å². The number of amides is 1. The van der Waals surface area contributed by atoms with Crippen LogP contribution in [0, 0.1) is 0 Å². The van der Waals surface area contributed by atoms with Crippen LogP contribution in [0.2, 0.25) is 5.02 Å². The fourth-order valence-electron chi connectivity index (χ4n) is 3.02. The summed E-state index contributed by atoms with van der Waals surface area (Å²) >= 11 is 6.13. The number of carboxylic acids is 1. The Labute approximate surface area is 155 Å². The molecule has 0 saturated carbocycles. The third kappa shape index (κ3) is 3.13. The summed E-state index contributed by atoms with van der Waals surface area (Å²) in [6.45, 7) is 3.07. The zero-order valence-electron chi connectivity index (χ0n) is 14.3. The number of nitrogens with one attached hydrogen (secondary N) is 1. The fourth-order valence-corrected chi connectivity index (χ4v) is 3.19. The van der Waals surface area contributed by atoms with Crippen LogP contribution in [0.4, 0.5) is 5.69 Å². The molecule has 2 N–H and O–H groups in total. The Kier molecular flexibility index (Phi) is 4.89. The summed E-state index contributed by atoms with van der Waals surface area (Å²) in [6.07, 6.45) is -0.143. The first-order chi connectivity index (χ1) is 12.3. The monoisotopic (exact) mass is 375 g/mol. The standard InChI is InChI=1S/C19H18ClNO5/c1-11(2)26-16-6-4-3-5-13(16)19(25-10-17(22)23)14-9-12(20)7-8-15(14)21-18(19)24/h3-9,11H,10H2,1-2H3,(H,21,24)(H,22,23). The first kappa shape index (κ1) is 18.2. The summed E-state index contributed by atoms with van der Waals surface area (Å²) < 4.78 is 11.5. The maximum absolute atomic E-state index is 13.0. The van der Waals surface area contributed by atoms with Gasteiger partial charge >= 0.3 is 5.97 Å². The molecular formula is C19H18ClNO5. The molecule has 0 aromatic heterocycles. The minimum Gasteiger partial charge on any atom is -0.491 e. The van der Waals surface area contributed by atoms with Crippen molar-refractivity contribution in [2.75, 3.05) is 11.9 Å². The normalized spacial score (nSPS) is 18.5. The van der Waals surface area contributed by atoms with Gasteiger partial charge in [0.2, 0.25) is 5.60 Å². The average Bonchev–Trinajstić information content (AvgIpc) is 2.85. The van der Waals surface area contributed by atoms with Gasteiger partial charge in [0, 0.05) is 21.8 Å². The van der Waals surface area contributed by atoms with E-state index in [4.69, 9.17) is 26.2 Å². The predicted molar refractivity (Wildman–Crippen MR) is 96.7 cm³/mol. The lowest BCUT2D eigenvalue weighted by Gasteiger charge is -2.30. The Morgan fingerprint density at radius 3 is 2.65 bits per heavy atom. The Balaban J connectivity index is 2.24. The van der Waals surface area contributed by atoms with Gasteiger partial charge in [-0.2, -0.15) is 0 Å². The molecule has 3 rings (SSSR count). The molecule has 0 radical (unpaired) electrons. The van der Waals surface area contributed by atoms with Crippen LogP contribution in [-0.4, -0.2) is 29.7 Å². The van der Waals surface area contributed by atoms with E-state index in [0.29, 0.717) is 27.6 Å². The molecule has 0 bridgehead atoms. The predicted octanol–water partition coefficient (Wildman–Crippen LogP) is 3.42. The number of hydrogen-bond donors (Lipinski definition) is 2. The first-order valence-corrected chi connectivity index (χ1v) is 8.46. The number of carbonyl (C=O) groups is 2. The molecule has 1 aliphatic heterocycles. The van der Waals surface area contributed by atoms with Crippen LogP contribution < -0.4 is 10.1 Å². The molecule has 2 aromatic carbocycles. The van der Waals surface area contributed by atoms with Gasteiger partial charge in [-0.25, -0.2) is 4.79 Å². The van der Waals surface area contributed by atoms with Gasteiger partial charge in [-0.05, 0) is 38.1 Å². The molecule has 0 aliphatic carbocycles. The SMILES string of the molecule is CC(C)Oc1ccccc1C1(OCC(=O)O)C(=O)Nc2ccc(Cl)cc21. The number of ether oxygens (including phenoxy) is 2. The minimum absolute atomic E-state index is 0.143. The maximum atomic E-state index is 13.0. The summed E-state index contributed by atoms with van der Waals surface area (Å²) in [7, 11) is 0. The third-order valence-electron chi connectivity index (χ3n) is 3.97. The van der Waals surface area contributed by atoms with Crippen molar-refractivity contribution in [3.05, 3.63) is 58.6 Å². The first-order valence-electron chi connectivity index (χ1n) is 8.08. The number of benzene rings is 2. The summed E-state index contributed by atoms with van der Waals surface area (Å²) in [5.74, 6) is -1.23. The van der Waals surface area contributed by atoms with Crippen molar-refractivity contribution >= 4 is 29.2 Å². The number of carboxylic acid groups (broad SMARTS) is 1. The van der Waals surface area contributed by atoms with Crippen LogP contribution >= 0.6 is 11.6 Å². The highest BCUT2D eigenvalue weighted by Gasteiger charge is 2.51. The van der Waals surface area contributed by atoms with Gasteiger partial charge in [0.15, 0.2) is 0 Å². The second kappa shape index (κ2) is 6.97. The van der Waals surface area contributed by atoms with Crippen molar-refractivity contribution in [2.45, 2.75) is 25.6 Å². The molecule has 1 heterocycles. The largest absolute Gasteiger partial charge is 0.491 e. The molecule has 136 valence electrons. The molecule has 1 aliphatic rings. The minimum atomic E-state index is -1.66. The van der Waals surface area contributed by atoms with Gasteiger partial charge in [-0.3, -0.25) is 4.79 Å². The van der Waals surface area contributed by atoms with Crippen LogP contribution in [-0.2, 0) is 19.9 Å². The van der Waals surface area contributed by atoms with Crippen LogP contribution in [0.15, 0.2) is 42.5 Å². The molecule has 0 spiro atoms. The number of para-hydroxylation sites is 1. The highest BCUT2D eigenvalue weighted by atomic mass is 35.5. The third-order valence-corrected chi connectivity index (χ3v) is 4.21. The summed E-state index contributed by atoms with van der Waals surface area (Å²) in [5, 5.41) is 12.3. The van der Waals surface area contributed by atoms with Crippen molar-refractivity contribution < 1.29 is 24.2 Å². The summed E-state index contributed by atoms with van der Waals surface area (Å²) in [6, 6.07) is 11.8. The van der Waals surface area contributed by atoms with E-state index in [-0.39, 0.29) is 6.10 Å². The van der Waals surface area contributed by atoms with Crippen molar-refractivity contribution in [2.24, 2.45) is 0 Å². The van der Waals surface area contributed by atoms with E-state index in [1.807, 2.05) is 13.8 Å². The van der Waals surface area contributed by atoms with Crippen molar-refractivity contribution in [3.8, 4) is 5.75 Å². The Morgan fingerprint density at radius 1 is 1.23 bits per heavy atom. The lowest BCUT2D eigenvalue weighted by molar-refractivity contribution is -0.152. The lowest BCUT2D eigenvalue weighted by atomic mass is 9.86. The van der Waals surface area contributed by atoms with E-state index in [9.17, 15) is 9.59 Å². The molecule has 0 fully saturated rings. The lowest BCUT2D eigenvalue weighted by Crippen LogP contribution is -2.40. The van der Waals surface area contributed by atoms with E-state index in [1.54, 1.807) is 42.5 Å². The average molecular weight is 376 g/mol. The van der Waals surface area contributed by atoms with Gasteiger partial charge < -0.3 is 19.9 Å². The van der Waals surface area contributed by atoms with E-state index < -0.39 is 24.1 Å². The molecule has 26 heavy (non-hydrogen) atoms. The van der Waals surface area contributed by atoms with Gasteiger partial charge in [-0.1, -0.05) is 29.8 Å². The second-order valence-corrected chi connectivity index (χ2v) is 6.61. The quantitative estimate of drug-likeness (QED) is 0.808. The summed E-state index contributed by atoms with van der Waals surface area (Å²) in [5.41, 5.74) is -0.266. The summed E-state index contributed by atoms with van der Waals surface area (Å²) in [4.78, 5) is 24.2. The molecular weight excluding hydrogens is 358 g/mol. The van der Waals surface area contributed by atoms with Gasteiger partial charge in [0.05, 0.1) is 6.10 Å². The van der Waals surface area contributed by atoms with E-state index in [2.05, 4.69) is 5.32 Å². The molecule has 6 nitrogen and oxygen atoms in total. The molecule has 1 unspecified atom stereocenters. The van der Waals surface area contributed by atoms with E-state index in [0.717, 1.165) is 0 Å². The van der Waals surface area contributed by atoms with Crippen LogP contribution in [0.25, 0.3) is 0 Å². The van der Waals surface area contributed by atoms with Crippen molar-refractivity contribution in [1.29, 1.82) is 0 Å². The number of anilines is 1. The molecule has 0 saturated heterocycles. The topological polar surface area (TPSA) is 84.9 Å². The zero-order chi connectivity index (χ0) is 18.9. The Hall–Kier alpha value is -2.57. The maximum Gasteiger partial charge on any atom is 0.329 e. The van der Waals surface area contributed by atoms with Crippen LogP contribution in [0.5, 0.6) is 5.75 Å². The number of carbonyl (C=O) groups excluding carboxylic acids is 1. The molecule has 7 heteroatoms. The van der Waals surface area contributed by atoms with Crippen LogP contribution in [0.3, 0.4) is 0 Å². The number of aliphatic carboxylic acids is 1.